The molecule has 3 heterocycles. The molecule has 3 aliphatic heterocycles. The van der Waals surface area contributed by atoms with Crippen molar-refractivity contribution in [1.82, 2.24) is 9.80 Å². The number of nitrogens with zero attached hydrogens (tertiary/aromatic N) is 3. The monoisotopic (exact) mass is 637 g/mol. The summed E-state index contributed by atoms with van der Waals surface area (Å²) < 4.78 is -0.801. The Morgan fingerprint density at radius 2 is 1.72 bits per heavy atom. The number of aliphatic hydroxyl groups excluding tert-OH is 1. The Kier molecular flexibility index (Phi) is 9.12. The summed E-state index contributed by atoms with van der Waals surface area (Å²) in [6, 6.07) is 22.4. The minimum atomic E-state index is -0.835. The van der Waals surface area contributed by atoms with Crippen molar-refractivity contribution in [2.45, 2.75) is 55.3 Å². The standard InChI is InChI=1S/C38H43N3O4S/c1-5-19-39(23-26-13-9-8-10-14-26)35(43)32-31-21-25(4)38(46-31)33(32)36(44)41(29(7-3)24-42)34(38)37(45)40(20-6-2)30-18-17-27-15-11-12-16-28(27)22-30/h5-6,8-18,22,25,29,31-34,42H,1-2,7,19-21,23-24H2,3-4H3/t25?,29-,31-,32+,33-,34?,38?/m0/s1. The largest absolute Gasteiger partial charge is 0.394 e. The van der Waals surface area contributed by atoms with E-state index in [2.05, 4.69) is 20.1 Å². The zero-order chi connectivity index (χ0) is 32.6. The molecule has 3 unspecified atom stereocenters. The van der Waals surface area contributed by atoms with Crippen LogP contribution in [-0.2, 0) is 20.9 Å². The number of aliphatic hydroxyl groups is 1. The fourth-order valence-corrected chi connectivity index (χ4v) is 10.6. The maximum absolute atomic E-state index is 15.1. The average Bonchev–Trinajstić information content (AvgIpc) is 3.67. The molecule has 3 aromatic rings. The summed E-state index contributed by atoms with van der Waals surface area (Å²) in [6.07, 6.45) is 4.66. The van der Waals surface area contributed by atoms with Gasteiger partial charge in [0.2, 0.25) is 11.8 Å². The second-order valence-corrected chi connectivity index (χ2v) is 14.4. The van der Waals surface area contributed by atoms with Crippen LogP contribution in [0.15, 0.2) is 98.1 Å². The quantitative estimate of drug-likeness (QED) is 0.259. The number of amides is 3. The Hall–Kier alpha value is -3.88. The van der Waals surface area contributed by atoms with E-state index < -0.39 is 28.7 Å². The van der Waals surface area contributed by atoms with Crippen LogP contribution in [0.3, 0.4) is 0 Å². The van der Waals surface area contributed by atoms with Gasteiger partial charge in [0.25, 0.3) is 5.91 Å². The van der Waals surface area contributed by atoms with Crippen molar-refractivity contribution in [3.63, 3.8) is 0 Å². The van der Waals surface area contributed by atoms with Gasteiger partial charge < -0.3 is 19.8 Å². The van der Waals surface area contributed by atoms with Crippen LogP contribution in [0.25, 0.3) is 10.8 Å². The zero-order valence-corrected chi connectivity index (χ0v) is 27.4. The van der Waals surface area contributed by atoms with E-state index in [0.29, 0.717) is 19.5 Å². The van der Waals surface area contributed by atoms with E-state index in [0.717, 1.165) is 28.4 Å². The molecule has 1 spiro atoms. The summed E-state index contributed by atoms with van der Waals surface area (Å²) in [5, 5.41) is 12.5. The Morgan fingerprint density at radius 1 is 1.02 bits per heavy atom. The number of anilines is 1. The highest BCUT2D eigenvalue weighted by molar-refractivity contribution is 8.02. The number of hydrogen-bond acceptors (Lipinski definition) is 5. The molecule has 46 heavy (non-hydrogen) atoms. The molecule has 0 radical (unpaired) electrons. The SMILES string of the molecule is C=CCN(Cc1ccccc1)C(=O)[C@@H]1[C@@H]2CC(C)C3(S2)C(C(=O)N(CC=C)c2ccc4ccccc4c2)N([C@@H](CC)CO)C(=O)[C@H]13. The third kappa shape index (κ3) is 5.16. The number of fused-ring (bicyclic) bond motifs is 2. The minimum absolute atomic E-state index is 0.0137. The number of thioether (sulfide) groups is 1. The van der Waals surface area contributed by atoms with Crippen molar-refractivity contribution in [3.05, 3.63) is 104 Å². The van der Waals surface area contributed by atoms with Crippen LogP contribution < -0.4 is 4.90 Å². The molecular weight excluding hydrogens is 595 g/mol. The van der Waals surface area contributed by atoms with Crippen molar-refractivity contribution < 1.29 is 19.5 Å². The lowest BCUT2D eigenvalue weighted by atomic mass is 9.65. The third-order valence-corrected chi connectivity index (χ3v) is 12.4. The first-order valence-corrected chi connectivity index (χ1v) is 17.1. The van der Waals surface area contributed by atoms with Crippen molar-refractivity contribution in [3.8, 4) is 0 Å². The first kappa shape index (κ1) is 32.1. The van der Waals surface area contributed by atoms with E-state index in [9.17, 15) is 14.7 Å². The Bertz CT molecular complexity index is 1640. The van der Waals surface area contributed by atoms with E-state index in [4.69, 9.17) is 0 Å². The maximum atomic E-state index is 15.1. The molecule has 8 heteroatoms. The van der Waals surface area contributed by atoms with E-state index in [1.165, 1.54) is 0 Å². The normalized spacial score (nSPS) is 27.0. The highest BCUT2D eigenvalue weighted by Crippen LogP contribution is 2.69. The lowest BCUT2D eigenvalue weighted by molar-refractivity contribution is -0.146. The van der Waals surface area contributed by atoms with Gasteiger partial charge in [0, 0.05) is 30.6 Å². The molecule has 0 saturated carbocycles. The topological polar surface area (TPSA) is 81.2 Å². The molecule has 7 atom stereocenters. The summed E-state index contributed by atoms with van der Waals surface area (Å²) in [4.78, 5) is 49.5. The summed E-state index contributed by atoms with van der Waals surface area (Å²) >= 11 is 1.66. The molecule has 6 rings (SSSR count). The lowest BCUT2D eigenvalue weighted by Crippen LogP contribution is -2.59. The van der Waals surface area contributed by atoms with Gasteiger partial charge in [0.1, 0.15) is 6.04 Å². The molecule has 7 nitrogen and oxygen atoms in total. The number of carbonyl (C=O) groups is 3. The van der Waals surface area contributed by atoms with Gasteiger partial charge in [-0.05, 0) is 47.2 Å². The highest BCUT2D eigenvalue weighted by atomic mass is 32.2. The molecule has 240 valence electrons. The van der Waals surface area contributed by atoms with Gasteiger partial charge in [-0.1, -0.05) is 86.7 Å². The molecule has 2 bridgehead atoms. The molecule has 0 aromatic heterocycles. The number of benzene rings is 3. The summed E-state index contributed by atoms with van der Waals surface area (Å²) in [5.41, 5.74) is 1.73. The Morgan fingerprint density at radius 3 is 2.39 bits per heavy atom. The predicted octanol–water partition coefficient (Wildman–Crippen LogP) is 5.68. The summed E-state index contributed by atoms with van der Waals surface area (Å²) in [5.74, 6) is -1.69. The Balaban J connectivity index is 1.43. The van der Waals surface area contributed by atoms with E-state index in [1.54, 1.807) is 38.6 Å². The van der Waals surface area contributed by atoms with E-state index >= 15 is 4.79 Å². The van der Waals surface area contributed by atoms with Crippen LogP contribution >= 0.6 is 11.8 Å². The molecule has 3 fully saturated rings. The van der Waals surface area contributed by atoms with Gasteiger partial charge in [0.05, 0.1) is 29.2 Å². The van der Waals surface area contributed by atoms with Gasteiger partial charge in [-0.15, -0.1) is 24.9 Å². The van der Waals surface area contributed by atoms with Crippen LogP contribution in [0.4, 0.5) is 5.69 Å². The van der Waals surface area contributed by atoms with Gasteiger partial charge in [-0.25, -0.2) is 0 Å². The van der Waals surface area contributed by atoms with Crippen LogP contribution in [0.5, 0.6) is 0 Å². The van der Waals surface area contributed by atoms with Crippen molar-refractivity contribution in [2.75, 3.05) is 24.6 Å². The minimum Gasteiger partial charge on any atom is -0.394 e. The van der Waals surface area contributed by atoms with Crippen LogP contribution in [0.1, 0.15) is 32.3 Å². The molecule has 1 N–H and O–H groups in total. The molecule has 3 aromatic carbocycles. The molecule has 3 amide bonds. The summed E-state index contributed by atoms with van der Waals surface area (Å²) in [7, 11) is 0. The molecular formula is C38H43N3O4S. The fourth-order valence-electron chi connectivity index (χ4n) is 8.17. The fraction of sp³-hybridized carbons (Fsp3) is 0.395. The molecule has 3 aliphatic rings. The van der Waals surface area contributed by atoms with Crippen molar-refractivity contribution in [1.29, 1.82) is 0 Å². The number of rotatable bonds is 12. The maximum Gasteiger partial charge on any atom is 0.251 e. The number of hydrogen-bond donors (Lipinski definition) is 1. The molecule has 3 saturated heterocycles. The Labute approximate surface area is 275 Å². The second-order valence-electron chi connectivity index (χ2n) is 12.8. The zero-order valence-electron chi connectivity index (χ0n) is 26.6. The van der Waals surface area contributed by atoms with Crippen molar-refractivity contribution in [2.24, 2.45) is 17.8 Å². The van der Waals surface area contributed by atoms with Crippen LogP contribution in [0.2, 0.25) is 0 Å². The first-order valence-electron chi connectivity index (χ1n) is 16.3. The summed E-state index contributed by atoms with van der Waals surface area (Å²) in [6.45, 7) is 12.7. The highest BCUT2D eigenvalue weighted by Gasteiger charge is 2.77. The predicted molar refractivity (Wildman–Crippen MR) is 185 cm³/mol. The van der Waals surface area contributed by atoms with Crippen LogP contribution in [-0.4, -0.2) is 74.4 Å². The van der Waals surface area contributed by atoms with Crippen LogP contribution in [0, 0.1) is 17.8 Å². The number of likely N-dealkylation sites (tertiary alicyclic amines) is 1. The van der Waals surface area contributed by atoms with Gasteiger partial charge in [-0.3, -0.25) is 14.4 Å². The third-order valence-electron chi connectivity index (χ3n) is 10.3. The van der Waals surface area contributed by atoms with E-state index in [1.807, 2.05) is 79.7 Å². The molecule has 0 aliphatic carbocycles. The van der Waals surface area contributed by atoms with Gasteiger partial charge >= 0.3 is 0 Å². The van der Waals surface area contributed by atoms with Gasteiger partial charge in [-0.2, -0.15) is 0 Å². The first-order chi connectivity index (χ1) is 22.3. The smallest absolute Gasteiger partial charge is 0.251 e. The average molecular weight is 638 g/mol. The van der Waals surface area contributed by atoms with E-state index in [-0.39, 0.29) is 42.0 Å². The second kappa shape index (κ2) is 13.1. The number of carbonyl (C=O) groups excluding carboxylic acids is 3. The lowest BCUT2D eigenvalue weighted by Gasteiger charge is -2.42. The van der Waals surface area contributed by atoms with Crippen molar-refractivity contribution >= 4 is 45.9 Å². The van der Waals surface area contributed by atoms with Gasteiger partial charge in [0.15, 0.2) is 0 Å².